The maximum absolute atomic E-state index is 13.7. The van der Waals surface area contributed by atoms with Crippen molar-refractivity contribution in [2.45, 2.75) is 11.8 Å². The molecule has 2 atom stereocenters. The summed E-state index contributed by atoms with van der Waals surface area (Å²) in [6.45, 7) is -0.266. The van der Waals surface area contributed by atoms with Gasteiger partial charge in [-0.3, -0.25) is 4.79 Å². The Balaban J connectivity index is 2.51. The molecule has 0 aromatic heterocycles. The SMILES string of the molecule is O=C(O)C1(c2cccc(Cl)c2F)CC1CO. The molecule has 1 fully saturated rings. The van der Waals surface area contributed by atoms with Crippen molar-refractivity contribution in [2.24, 2.45) is 5.92 Å². The summed E-state index contributed by atoms with van der Waals surface area (Å²) < 4.78 is 13.7. The van der Waals surface area contributed by atoms with Crippen molar-refractivity contribution in [3.05, 3.63) is 34.6 Å². The number of rotatable bonds is 3. The van der Waals surface area contributed by atoms with Gasteiger partial charge in [0.2, 0.25) is 0 Å². The van der Waals surface area contributed by atoms with Crippen molar-refractivity contribution in [3.63, 3.8) is 0 Å². The number of hydrogen-bond acceptors (Lipinski definition) is 2. The molecule has 0 radical (unpaired) electrons. The summed E-state index contributed by atoms with van der Waals surface area (Å²) >= 11 is 5.61. The first-order valence-electron chi connectivity index (χ1n) is 4.82. The standard InChI is InChI=1S/C11H10ClFO3/c12-8-3-1-2-7(9(8)13)11(10(15)16)4-6(11)5-14/h1-3,6,14H,4-5H2,(H,15,16). The van der Waals surface area contributed by atoms with E-state index in [1.165, 1.54) is 18.2 Å². The number of carboxylic acids is 1. The Morgan fingerprint density at radius 2 is 2.31 bits per heavy atom. The van der Waals surface area contributed by atoms with Gasteiger partial charge in [0, 0.05) is 18.1 Å². The number of aliphatic carboxylic acids is 1. The van der Waals surface area contributed by atoms with Gasteiger partial charge >= 0.3 is 5.97 Å². The first-order chi connectivity index (χ1) is 7.54. The number of carbonyl (C=O) groups is 1. The van der Waals surface area contributed by atoms with Gasteiger partial charge in [-0.05, 0) is 12.5 Å². The molecule has 1 aliphatic carbocycles. The van der Waals surface area contributed by atoms with Gasteiger partial charge in [-0.15, -0.1) is 0 Å². The predicted molar refractivity (Wildman–Crippen MR) is 55.9 cm³/mol. The van der Waals surface area contributed by atoms with Crippen LogP contribution in [0.5, 0.6) is 0 Å². The molecule has 0 bridgehead atoms. The fourth-order valence-electron chi connectivity index (χ4n) is 2.11. The van der Waals surface area contributed by atoms with Crippen molar-refractivity contribution in [1.82, 2.24) is 0 Å². The number of aliphatic hydroxyl groups excluding tert-OH is 1. The quantitative estimate of drug-likeness (QED) is 0.853. The largest absolute Gasteiger partial charge is 0.481 e. The van der Waals surface area contributed by atoms with E-state index in [0.717, 1.165) is 0 Å². The highest BCUT2D eigenvalue weighted by molar-refractivity contribution is 6.30. The highest BCUT2D eigenvalue weighted by Gasteiger charge is 2.62. The predicted octanol–water partition coefficient (Wildman–Crippen LogP) is 1.81. The van der Waals surface area contributed by atoms with Crippen LogP contribution in [0.25, 0.3) is 0 Å². The Morgan fingerprint density at radius 3 is 2.81 bits per heavy atom. The molecule has 0 amide bonds. The zero-order valence-corrected chi connectivity index (χ0v) is 9.04. The average Bonchev–Trinajstić information content (AvgIpc) is 2.97. The molecular formula is C11H10ClFO3. The summed E-state index contributed by atoms with van der Waals surface area (Å²) in [5.74, 6) is -2.26. The smallest absolute Gasteiger partial charge is 0.314 e. The van der Waals surface area contributed by atoms with E-state index in [0.29, 0.717) is 0 Å². The summed E-state index contributed by atoms with van der Waals surface area (Å²) in [4.78, 5) is 11.2. The molecule has 2 unspecified atom stereocenters. The minimum absolute atomic E-state index is 0.0616. The summed E-state index contributed by atoms with van der Waals surface area (Å²) in [6, 6.07) is 4.29. The van der Waals surface area contributed by atoms with Gasteiger partial charge in [0.1, 0.15) is 11.2 Å². The van der Waals surface area contributed by atoms with Crippen LogP contribution < -0.4 is 0 Å². The average molecular weight is 245 g/mol. The van der Waals surface area contributed by atoms with Crippen molar-refractivity contribution in [3.8, 4) is 0 Å². The van der Waals surface area contributed by atoms with Crippen molar-refractivity contribution < 1.29 is 19.4 Å². The van der Waals surface area contributed by atoms with Gasteiger partial charge in [-0.2, -0.15) is 0 Å². The highest BCUT2D eigenvalue weighted by atomic mass is 35.5. The van der Waals surface area contributed by atoms with Crippen LogP contribution in [0.1, 0.15) is 12.0 Å². The molecule has 1 aromatic carbocycles. The Bertz CT molecular complexity index is 449. The molecule has 3 nitrogen and oxygen atoms in total. The fourth-order valence-corrected chi connectivity index (χ4v) is 2.28. The third-order valence-electron chi connectivity index (χ3n) is 3.14. The molecule has 0 heterocycles. The third kappa shape index (κ3) is 1.41. The Labute approximate surface area is 96.5 Å². The Morgan fingerprint density at radius 1 is 1.62 bits per heavy atom. The second-order valence-electron chi connectivity index (χ2n) is 3.96. The first-order valence-corrected chi connectivity index (χ1v) is 5.20. The van der Waals surface area contributed by atoms with Gasteiger partial charge in [0.25, 0.3) is 0 Å². The third-order valence-corrected chi connectivity index (χ3v) is 3.43. The van der Waals surface area contributed by atoms with E-state index < -0.39 is 23.1 Å². The van der Waals surface area contributed by atoms with Crippen LogP contribution >= 0.6 is 11.6 Å². The Hall–Kier alpha value is -1.13. The molecule has 2 rings (SSSR count). The molecule has 2 N–H and O–H groups in total. The van der Waals surface area contributed by atoms with Crippen LogP contribution in [-0.4, -0.2) is 22.8 Å². The van der Waals surface area contributed by atoms with Crippen LogP contribution in [0.15, 0.2) is 18.2 Å². The number of benzene rings is 1. The molecule has 5 heteroatoms. The second-order valence-corrected chi connectivity index (χ2v) is 4.37. The molecule has 86 valence electrons. The normalized spacial score (nSPS) is 27.8. The molecule has 1 aromatic rings. The Kier molecular flexibility index (Phi) is 2.64. The van der Waals surface area contributed by atoms with E-state index in [4.69, 9.17) is 21.8 Å². The number of aliphatic hydroxyl groups is 1. The molecule has 1 aliphatic rings. The molecule has 16 heavy (non-hydrogen) atoms. The van der Waals surface area contributed by atoms with E-state index in [1.807, 2.05) is 0 Å². The van der Waals surface area contributed by atoms with E-state index >= 15 is 0 Å². The topological polar surface area (TPSA) is 57.5 Å². The fraction of sp³-hybridized carbons (Fsp3) is 0.364. The maximum atomic E-state index is 13.7. The second kappa shape index (κ2) is 3.71. The lowest BCUT2D eigenvalue weighted by atomic mass is 9.93. The van der Waals surface area contributed by atoms with Gasteiger partial charge in [0.05, 0.1) is 5.02 Å². The number of halogens is 2. The zero-order chi connectivity index (χ0) is 11.9. The van der Waals surface area contributed by atoms with E-state index in [2.05, 4.69) is 0 Å². The van der Waals surface area contributed by atoms with Crippen molar-refractivity contribution in [1.29, 1.82) is 0 Å². The van der Waals surface area contributed by atoms with Gasteiger partial charge in [-0.1, -0.05) is 23.7 Å². The summed E-state index contributed by atoms with van der Waals surface area (Å²) in [5.41, 5.74) is -1.24. The first kappa shape index (κ1) is 11.4. The lowest BCUT2D eigenvalue weighted by molar-refractivity contribution is -0.140. The van der Waals surface area contributed by atoms with Gasteiger partial charge < -0.3 is 10.2 Å². The summed E-state index contributed by atoms with van der Waals surface area (Å²) in [7, 11) is 0. The van der Waals surface area contributed by atoms with Crippen LogP contribution in [0.2, 0.25) is 5.02 Å². The zero-order valence-electron chi connectivity index (χ0n) is 8.28. The van der Waals surface area contributed by atoms with E-state index in [9.17, 15) is 9.18 Å². The van der Waals surface area contributed by atoms with E-state index in [1.54, 1.807) is 0 Å². The van der Waals surface area contributed by atoms with Crippen LogP contribution in [0.3, 0.4) is 0 Å². The number of hydrogen-bond donors (Lipinski definition) is 2. The summed E-state index contributed by atoms with van der Waals surface area (Å²) in [5, 5.41) is 18.1. The lowest BCUT2D eigenvalue weighted by Gasteiger charge is -2.13. The molecule has 1 saturated carbocycles. The van der Waals surface area contributed by atoms with Crippen LogP contribution in [0.4, 0.5) is 4.39 Å². The van der Waals surface area contributed by atoms with E-state index in [-0.39, 0.29) is 23.6 Å². The summed E-state index contributed by atoms with van der Waals surface area (Å²) in [6.07, 6.45) is 0.246. The molecular weight excluding hydrogens is 235 g/mol. The van der Waals surface area contributed by atoms with Gasteiger partial charge in [-0.25, -0.2) is 4.39 Å². The van der Waals surface area contributed by atoms with Crippen LogP contribution in [-0.2, 0) is 10.2 Å². The minimum atomic E-state index is -1.30. The maximum Gasteiger partial charge on any atom is 0.314 e. The number of carboxylic acid groups (broad SMARTS) is 1. The van der Waals surface area contributed by atoms with Gasteiger partial charge in [0.15, 0.2) is 0 Å². The highest BCUT2D eigenvalue weighted by Crippen LogP contribution is 2.55. The monoisotopic (exact) mass is 244 g/mol. The lowest BCUT2D eigenvalue weighted by Crippen LogP contribution is -2.25. The van der Waals surface area contributed by atoms with Crippen molar-refractivity contribution >= 4 is 17.6 Å². The molecule has 0 aliphatic heterocycles. The minimum Gasteiger partial charge on any atom is -0.481 e. The molecule has 0 saturated heterocycles. The van der Waals surface area contributed by atoms with Crippen LogP contribution in [0, 0.1) is 11.7 Å². The molecule has 0 spiro atoms. The van der Waals surface area contributed by atoms with Crippen molar-refractivity contribution in [2.75, 3.05) is 6.61 Å².